The molecule has 0 aliphatic carbocycles. The fourth-order valence-electron chi connectivity index (χ4n) is 2.59. The Hall–Kier alpha value is -1.00. The number of nitrogens with one attached hydrogen (secondary N) is 1. The Morgan fingerprint density at radius 3 is 3.00 bits per heavy atom. The number of pyridine rings is 1. The molecule has 1 N–H and O–H groups in total. The summed E-state index contributed by atoms with van der Waals surface area (Å²) in [4.78, 5) is 3.95. The molecule has 0 amide bonds. The Bertz CT molecular complexity index is 391. The van der Waals surface area contributed by atoms with Crippen LogP contribution in [0.25, 0.3) is 0 Å². The van der Waals surface area contributed by atoms with Gasteiger partial charge in [-0.3, -0.25) is 4.98 Å². The first-order valence-electron chi connectivity index (χ1n) is 6.63. The minimum absolute atomic E-state index is 0.00292. The molecule has 3 nitrogen and oxygen atoms in total. The highest BCUT2D eigenvalue weighted by atomic mass is 19.1. The number of ether oxygens (including phenoxy) is 1. The zero-order chi connectivity index (χ0) is 13.0. The van der Waals surface area contributed by atoms with Gasteiger partial charge in [0.1, 0.15) is 5.82 Å². The molecule has 1 aromatic rings. The largest absolute Gasteiger partial charge is 0.373 e. The Balaban J connectivity index is 2.24. The lowest BCUT2D eigenvalue weighted by molar-refractivity contribution is -0.0126. The Morgan fingerprint density at radius 1 is 1.56 bits per heavy atom. The van der Waals surface area contributed by atoms with Gasteiger partial charge in [-0.25, -0.2) is 4.39 Å². The topological polar surface area (TPSA) is 34.2 Å². The van der Waals surface area contributed by atoms with Crippen molar-refractivity contribution in [3.05, 3.63) is 29.8 Å². The Labute approximate surface area is 108 Å². The number of rotatable bonds is 5. The summed E-state index contributed by atoms with van der Waals surface area (Å²) in [5, 5.41) is 3.46. The van der Waals surface area contributed by atoms with E-state index in [1.807, 2.05) is 0 Å². The van der Waals surface area contributed by atoms with Crippen LogP contribution in [0.2, 0.25) is 0 Å². The van der Waals surface area contributed by atoms with Gasteiger partial charge >= 0.3 is 0 Å². The van der Waals surface area contributed by atoms with Crippen molar-refractivity contribution in [2.45, 2.75) is 44.8 Å². The van der Waals surface area contributed by atoms with E-state index in [1.165, 1.54) is 6.20 Å². The molecule has 1 aromatic heterocycles. The molecule has 2 rings (SSSR count). The van der Waals surface area contributed by atoms with Crippen molar-refractivity contribution >= 4 is 0 Å². The average molecular weight is 252 g/mol. The summed E-state index contributed by atoms with van der Waals surface area (Å²) in [6.45, 7) is 5.88. The van der Waals surface area contributed by atoms with Gasteiger partial charge in [0.2, 0.25) is 0 Å². The van der Waals surface area contributed by atoms with Crippen LogP contribution in [0, 0.1) is 5.82 Å². The van der Waals surface area contributed by atoms with E-state index in [0.29, 0.717) is 0 Å². The maximum atomic E-state index is 13.3. The fraction of sp³-hybridized carbons (Fsp3) is 0.643. The van der Waals surface area contributed by atoms with E-state index in [-0.39, 0.29) is 17.5 Å². The molecule has 0 aromatic carbocycles. The minimum atomic E-state index is -0.294. The zero-order valence-electron chi connectivity index (χ0n) is 11.1. The molecule has 0 saturated carbocycles. The van der Waals surface area contributed by atoms with Crippen molar-refractivity contribution in [3.63, 3.8) is 0 Å². The average Bonchev–Trinajstić information content (AvgIpc) is 2.77. The highest BCUT2D eigenvalue weighted by molar-refractivity contribution is 5.19. The lowest BCUT2D eigenvalue weighted by Crippen LogP contribution is -2.41. The van der Waals surface area contributed by atoms with E-state index < -0.39 is 0 Å². The summed E-state index contributed by atoms with van der Waals surface area (Å²) in [5.74, 6) is -0.294. The van der Waals surface area contributed by atoms with Crippen molar-refractivity contribution in [1.29, 1.82) is 0 Å². The standard InChI is InChI=1S/C14H21FN2O/c1-3-6-17-13(14(2)5-4-7-18-14)11-8-12(15)10-16-9-11/h8-10,13,17H,3-7H2,1-2H3. The second-order valence-electron chi connectivity index (χ2n) is 5.09. The monoisotopic (exact) mass is 252 g/mol. The quantitative estimate of drug-likeness (QED) is 0.875. The van der Waals surface area contributed by atoms with Crippen LogP contribution in [0.1, 0.15) is 44.7 Å². The third-order valence-electron chi connectivity index (χ3n) is 3.52. The predicted octanol–water partition coefficient (Wildman–Crippen LogP) is 2.83. The summed E-state index contributed by atoms with van der Waals surface area (Å²) < 4.78 is 19.2. The molecule has 2 atom stereocenters. The van der Waals surface area contributed by atoms with Crippen LogP contribution in [0.4, 0.5) is 4.39 Å². The van der Waals surface area contributed by atoms with Gasteiger partial charge in [-0.15, -0.1) is 0 Å². The van der Waals surface area contributed by atoms with Crippen LogP contribution < -0.4 is 5.32 Å². The van der Waals surface area contributed by atoms with E-state index >= 15 is 0 Å². The second-order valence-corrected chi connectivity index (χ2v) is 5.09. The van der Waals surface area contributed by atoms with Gasteiger partial charge < -0.3 is 10.1 Å². The molecular formula is C14H21FN2O. The van der Waals surface area contributed by atoms with E-state index in [9.17, 15) is 4.39 Å². The number of hydrogen-bond donors (Lipinski definition) is 1. The van der Waals surface area contributed by atoms with Crippen molar-refractivity contribution in [1.82, 2.24) is 10.3 Å². The van der Waals surface area contributed by atoms with Gasteiger partial charge in [0.15, 0.2) is 0 Å². The first-order chi connectivity index (χ1) is 8.65. The molecule has 18 heavy (non-hydrogen) atoms. The molecule has 2 heterocycles. The number of halogens is 1. The van der Waals surface area contributed by atoms with Crippen molar-refractivity contribution < 1.29 is 9.13 Å². The predicted molar refractivity (Wildman–Crippen MR) is 68.8 cm³/mol. The fourth-order valence-corrected chi connectivity index (χ4v) is 2.59. The summed E-state index contributed by atoms with van der Waals surface area (Å²) >= 11 is 0. The van der Waals surface area contributed by atoms with Gasteiger partial charge in [0.25, 0.3) is 0 Å². The summed E-state index contributed by atoms with van der Waals surface area (Å²) in [6, 6.07) is 1.55. The van der Waals surface area contributed by atoms with Crippen LogP contribution in [0.15, 0.2) is 18.5 Å². The summed E-state index contributed by atoms with van der Waals surface area (Å²) in [7, 11) is 0. The van der Waals surface area contributed by atoms with Gasteiger partial charge in [-0.05, 0) is 44.4 Å². The lowest BCUT2D eigenvalue weighted by atomic mass is 9.88. The van der Waals surface area contributed by atoms with Gasteiger partial charge in [0.05, 0.1) is 17.8 Å². The van der Waals surface area contributed by atoms with E-state index in [2.05, 4.69) is 24.1 Å². The van der Waals surface area contributed by atoms with Crippen LogP contribution in [0.5, 0.6) is 0 Å². The third-order valence-corrected chi connectivity index (χ3v) is 3.52. The number of aromatic nitrogens is 1. The van der Waals surface area contributed by atoms with Crippen LogP contribution >= 0.6 is 0 Å². The number of hydrogen-bond acceptors (Lipinski definition) is 3. The van der Waals surface area contributed by atoms with E-state index in [4.69, 9.17) is 4.74 Å². The van der Waals surface area contributed by atoms with E-state index in [1.54, 1.807) is 12.3 Å². The summed E-state index contributed by atoms with van der Waals surface area (Å²) in [5.41, 5.74) is 0.609. The molecule has 1 aliphatic heterocycles. The highest BCUT2D eigenvalue weighted by Gasteiger charge is 2.39. The SMILES string of the molecule is CCCNC(c1cncc(F)c1)C1(C)CCCO1. The van der Waals surface area contributed by atoms with Crippen LogP contribution in [-0.4, -0.2) is 23.7 Å². The maximum absolute atomic E-state index is 13.3. The van der Waals surface area contributed by atoms with Crippen LogP contribution in [-0.2, 0) is 4.74 Å². The molecule has 0 bridgehead atoms. The van der Waals surface area contributed by atoms with Gasteiger partial charge in [-0.2, -0.15) is 0 Å². The van der Waals surface area contributed by atoms with Gasteiger partial charge in [-0.1, -0.05) is 6.92 Å². The first-order valence-corrected chi connectivity index (χ1v) is 6.63. The molecule has 0 spiro atoms. The smallest absolute Gasteiger partial charge is 0.141 e. The molecule has 1 saturated heterocycles. The molecule has 0 radical (unpaired) electrons. The molecule has 1 aliphatic rings. The molecule has 100 valence electrons. The first kappa shape index (κ1) is 13.4. The van der Waals surface area contributed by atoms with Crippen molar-refractivity contribution in [3.8, 4) is 0 Å². The zero-order valence-corrected chi connectivity index (χ0v) is 11.1. The summed E-state index contributed by atoms with van der Waals surface area (Å²) in [6.07, 6.45) is 6.05. The minimum Gasteiger partial charge on any atom is -0.373 e. The second kappa shape index (κ2) is 5.76. The van der Waals surface area contributed by atoms with Crippen molar-refractivity contribution in [2.75, 3.05) is 13.2 Å². The molecule has 2 unspecified atom stereocenters. The Morgan fingerprint density at radius 2 is 2.39 bits per heavy atom. The highest BCUT2D eigenvalue weighted by Crippen LogP contribution is 2.37. The van der Waals surface area contributed by atoms with Gasteiger partial charge in [0, 0.05) is 12.8 Å². The number of nitrogens with zero attached hydrogens (tertiary/aromatic N) is 1. The molecule has 1 fully saturated rings. The third kappa shape index (κ3) is 2.87. The maximum Gasteiger partial charge on any atom is 0.141 e. The molecule has 4 heteroatoms. The lowest BCUT2D eigenvalue weighted by Gasteiger charge is -2.34. The van der Waals surface area contributed by atoms with Crippen molar-refractivity contribution in [2.24, 2.45) is 0 Å². The van der Waals surface area contributed by atoms with Crippen LogP contribution in [0.3, 0.4) is 0 Å². The molecular weight excluding hydrogens is 231 g/mol. The van der Waals surface area contributed by atoms with E-state index in [0.717, 1.165) is 38.0 Å². The Kier molecular flexibility index (Phi) is 4.30. The normalized spacial score (nSPS) is 25.3.